The Kier molecular flexibility index (Phi) is 4.95. The normalized spacial score (nSPS) is 11.1. The largest absolute Gasteiger partial charge is 0.497 e. The van der Waals surface area contributed by atoms with Gasteiger partial charge >= 0.3 is 0 Å². The average Bonchev–Trinajstić information content (AvgIpc) is 3.11. The zero-order valence-electron chi connectivity index (χ0n) is 12.9. The first-order valence-corrected chi connectivity index (χ1v) is 8.43. The van der Waals surface area contributed by atoms with Crippen LogP contribution in [0.5, 0.6) is 5.75 Å². The smallest absolute Gasteiger partial charge is 0.134 e. The molecule has 1 aromatic heterocycles. The predicted octanol–water partition coefficient (Wildman–Crippen LogP) is 5.54. The minimum Gasteiger partial charge on any atom is -0.497 e. The van der Waals surface area contributed by atoms with Gasteiger partial charge in [-0.25, -0.2) is 4.98 Å². The van der Waals surface area contributed by atoms with E-state index in [0.717, 1.165) is 22.6 Å². The number of thiazole rings is 1. The third-order valence-corrected chi connectivity index (χ3v) is 4.67. The van der Waals surface area contributed by atoms with Crippen LogP contribution < -0.4 is 4.74 Å². The van der Waals surface area contributed by atoms with Crippen LogP contribution in [-0.4, -0.2) is 12.1 Å². The lowest BCUT2D eigenvalue weighted by Gasteiger charge is -2.00. The van der Waals surface area contributed by atoms with Crippen molar-refractivity contribution in [2.75, 3.05) is 7.11 Å². The molecule has 0 atom stereocenters. The summed E-state index contributed by atoms with van der Waals surface area (Å²) in [6, 6.07) is 17.3. The van der Waals surface area contributed by atoms with E-state index >= 15 is 0 Å². The Morgan fingerprint density at radius 2 is 1.96 bits per heavy atom. The van der Waals surface area contributed by atoms with Gasteiger partial charge in [0.25, 0.3) is 0 Å². The molecule has 5 heteroatoms. The van der Waals surface area contributed by atoms with Crippen molar-refractivity contribution in [3.63, 3.8) is 0 Å². The highest BCUT2D eigenvalue weighted by molar-refractivity contribution is 7.11. The molecular formula is C19H13ClN2OS. The van der Waals surface area contributed by atoms with E-state index in [2.05, 4.69) is 11.1 Å². The number of rotatable bonds is 4. The van der Waals surface area contributed by atoms with Crippen LogP contribution >= 0.6 is 22.9 Å². The van der Waals surface area contributed by atoms with Crippen molar-refractivity contribution in [1.29, 1.82) is 5.26 Å². The molecule has 0 saturated carbocycles. The number of nitriles is 1. The third kappa shape index (κ3) is 3.48. The van der Waals surface area contributed by atoms with Crippen LogP contribution in [0.4, 0.5) is 0 Å². The maximum Gasteiger partial charge on any atom is 0.134 e. The number of aromatic nitrogens is 1. The van der Waals surface area contributed by atoms with Crippen molar-refractivity contribution in [1.82, 2.24) is 4.98 Å². The first-order valence-electron chi connectivity index (χ1n) is 7.18. The minimum absolute atomic E-state index is 0.493. The van der Waals surface area contributed by atoms with Gasteiger partial charge in [0.1, 0.15) is 16.8 Å². The molecule has 1 heterocycles. The van der Waals surface area contributed by atoms with E-state index in [1.54, 1.807) is 19.3 Å². The number of nitrogens with zero attached hydrogens (tertiary/aromatic N) is 2. The van der Waals surface area contributed by atoms with Crippen LogP contribution in [-0.2, 0) is 0 Å². The van der Waals surface area contributed by atoms with Crippen LogP contribution in [0.25, 0.3) is 22.9 Å². The zero-order chi connectivity index (χ0) is 16.9. The fraction of sp³-hybridized carbons (Fsp3) is 0.0526. The van der Waals surface area contributed by atoms with Gasteiger partial charge in [-0.3, -0.25) is 0 Å². The summed E-state index contributed by atoms with van der Waals surface area (Å²) < 4.78 is 5.16. The number of hydrogen-bond donors (Lipinski definition) is 0. The molecule has 0 N–H and O–H groups in total. The first kappa shape index (κ1) is 16.3. The Labute approximate surface area is 149 Å². The molecule has 0 aliphatic heterocycles. The molecule has 3 rings (SSSR count). The van der Waals surface area contributed by atoms with E-state index in [4.69, 9.17) is 16.3 Å². The number of allylic oxidation sites excluding steroid dienone is 1. The minimum atomic E-state index is 0.493. The first-order chi connectivity index (χ1) is 11.7. The second kappa shape index (κ2) is 7.31. The molecule has 24 heavy (non-hydrogen) atoms. The van der Waals surface area contributed by atoms with Gasteiger partial charge < -0.3 is 4.74 Å². The van der Waals surface area contributed by atoms with Gasteiger partial charge in [-0.2, -0.15) is 5.26 Å². The van der Waals surface area contributed by atoms with E-state index in [1.807, 2.05) is 47.8 Å². The quantitative estimate of drug-likeness (QED) is 0.579. The summed E-state index contributed by atoms with van der Waals surface area (Å²) in [5.74, 6) is 0.797. The van der Waals surface area contributed by atoms with Crippen molar-refractivity contribution in [3.8, 4) is 23.1 Å². The van der Waals surface area contributed by atoms with Gasteiger partial charge in [-0.1, -0.05) is 29.8 Å². The molecule has 0 unspecified atom stereocenters. The summed E-state index contributed by atoms with van der Waals surface area (Å²) in [5.41, 5.74) is 3.11. The van der Waals surface area contributed by atoms with E-state index in [9.17, 15) is 5.26 Å². The third-order valence-electron chi connectivity index (χ3n) is 3.45. The van der Waals surface area contributed by atoms with E-state index < -0.39 is 0 Å². The lowest BCUT2D eigenvalue weighted by atomic mass is 10.1. The van der Waals surface area contributed by atoms with Crippen molar-refractivity contribution in [3.05, 3.63) is 69.5 Å². The molecule has 0 bridgehead atoms. The Hall–Kier alpha value is -2.61. The molecule has 0 aliphatic rings. The van der Waals surface area contributed by atoms with Gasteiger partial charge in [0, 0.05) is 16.0 Å². The molecule has 0 saturated heterocycles. The number of ether oxygens (including phenoxy) is 1. The Bertz CT molecular complexity index is 923. The Morgan fingerprint density at radius 3 is 2.62 bits per heavy atom. The molecule has 0 spiro atoms. The van der Waals surface area contributed by atoms with Crippen molar-refractivity contribution >= 4 is 34.6 Å². The van der Waals surface area contributed by atoms with E-state index in [0.29, 0.717) is 15.6 Å². The van der Waals surface area contributed by atoms with Gasteiger partial charge in [-0.15, -0.1) is 11.3 Å². The van der Waals surface area contributed by atoms with Crippen molar-refractivity contribution < 1.29 is 4.74 Å². The van der Waals surface area contributed by atoms with Crippen LogP contribution in [0.3, 0.4) is 0 Å². The van der Waals surface area contributed by atoms with Gasteiger partial charge in [0.05, 0.1) is 18.4 Å². The molecule has 2 aromatic carbocycles. The summed E-state index contributed by atoms with van der Waals surface area (Å²) in [5, 5.41) is 12.7. The molecule has 0 fully saturated rings. The molecular weight excluding hydrogens is 340 g/mol. The van der Waals surface area contributed by atoms with E-state index in [-0.39, 0.29) is 0 Å². The molecule has 0 aliphatic carbocycles. The number of benzene rings is 2. The summed E-state index contributed by atoms with van der Waals surface area (Å²) in [7, 11) is 1.63. The monoisotopic (exact) mass is 352 g/mol. The van der Waals surface area contributed by atoms with Gasteiger partial charge in [0.2, 0.25) is 0 Å². The Morgan fingerprint density at radius 1 is 1.21 bits per heavy atom. The summed E-state index contributed by atoms with van der Waals surface area (Å²) in [4.78, 5) is 4.58. The number of hydrogen-bond acceptors (Lipinski definition) is 4. The fourth-order valence-electron chi connectivity index (χ4n) is 2.18. The summed E-state index contributed by atoms with van der Waals surface area (Å²) in [6.45, 7) is 0. The fourth-order valence-corrected chi connectivity index (χ4v) is 3.17. The highest BCUT2D eigenvalue weighted by Crippen LogP contribution is 2.29. The van der Waals surface area contributed by atoms with Crippen molar-refractivity contribution in [2.24, 2.45) is 0 Å². The topological polar surface area (TPSA) is 45.9 Å². The Balaban J connectivity index is 1.93. The highest BCUT2D eigenvalue weighted by atomic mass is 35.5. The van der Waals surface area contributed by atoms with Crippen molar-refractivity contribution in [2.45, 2.75) is 0 Å². The lowest BCUT2D eigenvalue weighted by molar-refractivity contribution is 0.415. The highest BCUT2D eigenvalue weighted by Gasteiger charge is 2.10. The second-order valence-electron chi connectivity index (χ2n) is 4.96. The molecule has 0 radical (unpaired) electrons. The predicted molar refractivity (Wildman–Crippen MR) is 99.0 cm³/mol. The average molecular weight is 353 g/mol. The SMILES string of the molecule is COc1ccc(-c2csc(/C(C#N)=C/c3ccccc3Cl)n2)cc1. The van der Waals surface area contributed by atoms with Gasteiger partial charge in [0.15, 0.2) is 0 Å². The number of methoxy groups -OCH3 is 1. The molecule has 3 aromatic rings. The van der Waals surface area contributed by atoms with Crippen LogP contribution in [0, 0.1) is 11.3 Å². The van der Waals surface area contributed by atoms with Crippen LogP contribution in [0.15, 0.2) is 53.9 Å². The molecule has 118 valence electrons. The lowest BCUT2D eigenvalue weighted by Crippen LogP contribution is -1.85. The maximum absolute atomic E-state index is 9.47. The summed E-state index contributed by atoms with van der Waals surface area (Å²) >= 11 is 7.60. The second-order valence-corrected chi connectivity index (χ2v) is 6.22. The van der Waals surface area contributed by atoms with E-state index in [1.165, 1.54) is 11.3 Å². The standard InChI is InChI=1S/C19H13ClN2OS/c1-23-16-8-6-13(7-9-16)18-12-24-19(22-18)15(11-21)10-14-4-2-3-5-17(14)20/h2-10,12H,1H3/b15-10+. The summed E-state index contributed by atoms with van der Waals surface area (Å²) in [6.07, 6.45) is 1.76. The maximum atomic E-state index is 9.47. The molecule has 0 amide bonds. The zero-order valence-corrected chi connectivity index (χ0v) is 14.4. The van der Waals surface area contributed by atoms with Gasteiger partial charge in [-0.05, 0) is 42.0 Å². The van der Waals surface area contributed by atoms with Crippen LogP contribution in [0.2, 0.25) is 5.02 Å². The van der Waals surface area contributed by atoms with Crippen LogP contribution in [0.1, 0.15) is 10.6 Å². The number of halogens is 1. The molecule has 3 nitrogen and oxygen atoms in total.